The zero-order valence-electron chi connectivity index (χ0n) is 39.5. The van der Waals surface area contributed by atoms with E-state index in [4.69, 9.17) is 0 Å². The van der Waals surface area contributed by atoms with E-state index in [9.17, 15) is 0 Å². The van der Waals surface area contributed by atoms with Gasteiger partial charge in [-0.05, 0) is 78.9 Å². The predicted molar refractivity (Wildman–Crippen MR) is 308 cm³/mol. The fourth-order valence-corrected chi connectivity index (χ4v) is 16.8. The Balaban J connectivity index is 1.11. The second-order valence-electron chi connectivity index (χ2n) is 18.7. The Labute approximate surface area is 422 Å². The zero-order chi connectivity index (χ0) is 48.7. The summed E-state index contributed by atoms with van der Waals surface area (Å²) in [6.07, 6.45) is 0. The molecule has 73 heavy (non-hydrogen) atoms. The summed E-state index contributed by atoms with van der Waals surface area (Å²) in [5.41, 5.74) is 9.27. The SMILES string of the molecule is O=P(c1ccccc1)(c1ccccc1)c1ccc2c(c1)c1cc(P(=O)(c3ccccc3)c3ccccc3)ccc1n2-c1cc(-n2c3ccccc3c3ccccc32)cc(-n2c3ccccc3c3ccccc32)c1. The molecule has 346 valence electrons. The van der Waals surface area contributed by atoms with E-state index in [1.807, 2.05) is 121 Å². The zero-order valence-corrected chi connectivity index (χ0v) is 41.3. The molecule has 0 bridgehead atoms. The van der Waals surface area contributed by atoms with Crippen molar-refractivity contribution in [3.05, 3.63) is 273 Å². The first-order chi connectivity index (χ1) is 36.0. The molecule has 11 aromatic carbocycles. The maximum Gasteiger partial charge on any atom is 0.171 e. The average molecular weight is 974 g/mol. The van der Waals surface area contributed by atoms with E-state index in [1.165, 1.54) is 21.5 Å². The van der Waals surface area contributed by atoms with E-state index in [-0.39, 0.29) is 0 Å². The van der Waals surface area contributed by atoms with Gasteiger partial charge < -0.3 is 22.8 Å². The molecular weight excluding hydrogens is 929 g/mol. The first-order valence-electron chi connectivity index (χ1n) is 24.6. The van der Waals surface area contributed by atoms with Crippen molar-refractivity contribution in [3.8, 4) is 17.1 Å². The van der Waals surface area contributed by atoms with Gasteiger partial charge in [-0.15, -0.1) is 0 Å². The van der Waals surface area contributed by atoms with Gasteiger partial charge in [0, 0.05) is 64.1 Å². The minimum atomic E-state index is -3.41. The van der Waals surface area contributed by atoms with Crippen molar-refractivity contribution in [2.75, 3.05) is 0 Å². The average Bonchev–Trinajstić information content (AvgIpc) is 4.11. The van der Waals surface area contributed by atoms with Crippen molar-refractivity contribution >= 4 is 112 Å². The molecule has 0 aliphatic heterocycles. The highest BCUT2D eigenvalue weighted by atomic mass is 31.2. The van der Waals surface area contributed by atoms with Crippen LogP contribution in [0.15, 0.2) is 273 Å². The third kappa shape index (κ3) is 6.63. The normalized spacial score (nSPS) is 12.2. The van der Waals surface area contributed by atoms with Crippen molar-refractivity contribution in [2.24, 2.45) is 0 Å². The minimum Gasteiger partial charge on any atom is -0.309 e. The van der Waals surface area contributed by atoms with Crippen molar-refractivity contribution in [1.29, 1.82) is 0 Å². The number of para-hydroxylation sites is 4. The number of benzene rings is 11. The summed E-state index contributed by atoms with van der Waals surface area (Å²) in [5.74, 6) is 0. The molecule has 0 spiro atoms. The van der Waals surface area contributed by atoms with E-state index in [2.05, 4.69) is 165 Å². The number of fused-ring (bicyclic) bond motifs is 9. The Morgan fingerprint density at radius 1 is 0.205 bits per heavy atom. The van der Waals surface area contributed by atoms with Gasteiger partial charge in [-0.1, -0.05) is 194 Å². The van der Waals surface area contributed by atoms with Crippen LogP contribution >= 0.6 is 14.3 Å². The van der Waals surface area contributed by atoms with Crippen LogP contribution in [0.5, 0.6) is 0 Å². The molecule has 7 heteroatoms. The van der Waals surface area contributed by atoms with E-state index in [1.54, 1.807) is 0 Å². The highest BCUT2D eigenvalue weighted by molar-refractivity contribution is 7.85. The molecule has 0 aliphatic rings. The first-order valence-corrected chi connectivity index (χ1v) is 28.0. The first kappa shape index (κ1) is 43.1. The summed E-state index contributed by atoms with van der Waals surface area (Å²) in [6.45, 7) is 0. The lowest BCUT2D eigenvalue weighted by Crippen LogP contribution is -2.25. The number of rotatable bonds is 9. The lowest BCUT2D eigenvalue weighted by Gasteiger charge is -2.20. The molecule has 0 saturated heterocycles. The molecule has 0 saturated carbocycles. The Bertz CT molecular complexity index is 4080. The molecule has 0 fully saturated rings. The summed E-state index contributed by atoms with van der Waals surface area (Å²) in [4.78, 5) is 0. The quantitative estimate of drug-likeness (QED) is 0.135. The van der Waals surface area contributed by atoms with Crippen LogP contribution in [-0.4, -0.2) is 13.7 Å². The Kier molecular flexibility index (Phi) is 10.0. The number of hydrogen-bond donors (Lipinski definition) is 0. The summed E-state index contributed by atoms with van der Waals surface area (Å²) in [6, 6.07) is 93.6. The predicted octanol–water partition coefficient (Wildman–Crippen LogP) is 14.3. The van der Waals surface area contributed by atoms with Gasteiger partial charge in [-0.25, -0.2) is 0 Å². The standard InChI is InChI=1S/C66H45N3O2P2/c70-72(49-21-5-1-6-22-49,50-23-7-2-8-24-50)53-37-39-65-59(44-53)60-45-54(73(71,51-25-9-3-10-26-51)52-27-11-4-12-28-52)38-40-66(60)69(65)48-42-46(67-61-33-17-13-29-55(61)56-30-14-18-34-62(56)67)41-47(43-48)68-63-35-19-15-31-57(63)58-32-16-20-36-64(58)68/h1-45H. The number of aromatic nitrogens is 3. The van der Waals surface area contributed by atoms with Crippen molar-refractivity contribution in [3.63, 3.8) is 0 Å². The molecule has 0 atom stereocenters. The molecule has 3 aromatic heterocycles. The Morgan fingerprint density at radius 2 is 0.438 bits per heavy atom. The largest absolute Gasteiger partial charge is 0.309 e. The molecule has 0 radical (unpaired) electrons. The summed E-state index contributed by atoms with van der Waals surface area (Å²) in [5, 5.41) is 11.0. The highest BCUT2D eigenvalue weighted by Crippen LogP contribution is 2.47. The van der Waals surface area contributed by atoms with Crippen molar-refractivity contribution in [1.82, 2.24) is 13.7 Å². The maximum absolute atomic E-state index is 16.2. The fourth-order valence-electron chi connectivity index (χ4n) is 11.5. The van der Waals surface area contributed by atoms with Crippen LogP contribution in [0.3, 0.4) is 0 Å². The van der Waals surface area contributed by atoms with Gasteiger partial charge in [-0.3, -0.25) is 0 Å². The van der Waals surface area contributed by atoms with Crippen LogP contribution in [0, 0.1) is 0 Å². The van der Waals surface area contributed by atoms with Crippen LogP contribution in [0.25, 0.3) is 82.5 Å². The summed E-state index contributed by atoms with van der Waals surface area (Å²) in [7, 11) is -6.82. The molecule has 14 rings (SSSR count). The van der Waals surface area contributed by atoms with Crippen molar-refractivity contribution in [2.45, 2.75) is 0 Å². The van der Waals surface area contributed by atoms with Gasteiger partial charge in [-0.2, -0.15) is 0 Å². The molecule has 5 nitrogen and oxygen atoms in total. The lowest BCUT2D eigenvalue weighted by atomic mass is 10.1. The third-order valence-electron chi connectivity index (χ3n) is 14.8. The van der Waals surface area contributed by atoms with Gasteiger partial charge in [0.15, 0.2) is 14.3 Å². The molecular formula is C66H45N3O2P2. The second-order valence-corrected chi connectivity index (χ2v) is 24.3. The molecule has 14 aromatic rings. The fraction of sp³-hybridized carbons (Fsp3) is 0. The molecule has 0 N–H and O–H groups in total. The molecule has 0 unspecified atom stereocenters. The van der Waals surface area contributed by atoms with E-state index >= 15 is 9.13 Å². The van der Waals surface area contributed by atoms with Crippen LogP contribution < -0.4 is 31.8 Å². The Morgan fingerprint density at radius 3 is 0.712 bits per heavy atom. The second kappa shape index (κ2) is 17.0. The van der Waals surface area contributed by atoms with Crippen LogP contribution in [0.2, 0.25) is 0 Å². The summed E-state index contributed by atoms with van der Waals surface area (Å²) >= 11 is 0. The summed E-state index contributed by atoms with van der Waals surface area (Å²) < 4.78 is 39.5. The maximum atomic E-state index is 16.2. The van der Waals surface area contributed by atoms with Gasteiger partial charge in [0.2, 0.25) is 0 Å². The molecule has 3 heterocycles. The van der Waals surface area contributed by atoms with Crippen LogP contribution in [-0.2, 0) is 9.13 Å². The number of nitrogens with zero attached hydrogens (tertiary/aromatic N) is 3. The Hall–Kier alpha value is -8.72. The van der Waals surface area contributed by atoms with E-state index < -0.39 is 14.3 Å². The lowest BCUT2D eigenvalue weighted by molar-refractivity contribution is 0.591. The topological polar surface area (TPSA) is 48.9 Å². The minimum absolute atomic E-state index is 0.723. The smallest absolute Gasteiger partial charge is 0.171 e. The number of hydrogen-bond acceptors (Lipinski definition) is 2. The monoisotopic (exact) mass is 973 g/mol. The van der Waals surface area contributed by atoms with Gasteiger partial charge in [0.1, 0.15) is 0 Å². The van der Waals surface area contributed by atoms with Gasteiger partial charge in [0.25, 0.3) is 0 Å². The van der Waals surface area contributed by atoms with Gasteiger partial charge >= 0.3 is 0 Å². The molecule has 0 aliphatic carbocycles. The van der Waals surface area contributed by atoms with E-state index in [0.29, 0.717) is 0 Å². The van der Waals surface area contributed by atoms with Crippen LogP contribution in [0.1, 0.15) is 0 Å². The third-order valence-corrected chi connectivity index (χ3v) is 20.9. The van der Waals surface area contributed by atoms with E-state index in [0.717, 1.165) is 92.8 Å². The molecule has 0 amide bonds. The highest BCUT2D eigenvalue weighted by Gasteiger charge is 2.33. The van der Waals surface area contributed by atoms with Crippen molar-refractivity contribution < 1.29 is 9.13 Å². The van der Waals surface area contributed by atoms with Crippen LogP contribution in [0.4, 0.5) is 0 Å². The van der Waals surface area contributed by atoms with Gasteiger partial charge in [0.05, 0.1) is 50.2 Å².